The third-order valence-electron chi connectivity index (χ3n) is 6.89. The maximum absolute atomic E-state index is 11.7. The molecule has 0 spiro atoms. The van der Waals surface area contributed by atoms with Crippen molar-refractivity contribution in [1.82, 2.24) is 9.21 Å². The highest BCUT2D eigenvalue weighted by atomic mass is 32.2. The van der Waals surface area contributed by atoms with E-state index in [1.165, 1.54) is 41.8 Å². The molecule has 3 aliphatic rings. The Kier molecular flexibility index (Phi) is 5.04. The van der Waals surface area contributed by atoms with Crippen molar-refractivity contribution in [3.8, 4) is 6.07 Å². The molecule has 0 radical (unpaired) electrons. The first-order chi connectivity index (χ1) is 12.9. The molecule has 3 fully saturated rings. The van der Waals surface area contributed by atoms with Gasteiger partial charge in [0, 0.05) is 13.1 Å². The summed E-state index contributed by atoms with van der Waals surface area (Å²) in [4.78, 5) is 2.40. The summed E-state index contributed by atoms with van der Waals surface area (Å²) >= 11 is 0. The fourth-order valence-corrected chi connectivity index (χ4v) is 6.05. The lowest BCUT2D eigenvalue weighted by Gasteiger charge is -2.55. The molecule has 0 N–H and O–H groups in total. The zero-order valence-electron chi connectivity index (χ0n) is 16.0. The van der Waals surface area contributed by atoms with E-state index in [0.717, 1.165) is 30.8 Å². The van der Waals surface area contributed by atoms with Crippen molar-refractivity contribution in [2.75, 3.05) is 32.4 Å². The maximum Gasteiger partial charge on any atom is 0.211 e. The molecule has 27 heavy (non-hydrogen) atoms. The molecule has 2 unspecified atom stereocenters. The third-order valence-corrected chi connectivity index (χ3v) is 8.09. The van der Waals surface area contributed by atoms with Crippen molar-refractivity contribution in [1.29, 1.82) is 5.26 Å². The number of hydrogen-bond donors (Lipinski definition) is 0. The first-order valence-electron chi connectivity index (χ1n) is 10.0. The Morgan fingerprint density at radius 3 is 2.44 bits per heavy atom. The second-order valence-corrected chi connectivity index (χ2v) is 10.8. The Balaban J connectivity index is 1.28. The second-order valence-electron chi connectivity index (χ2n) is 8.77. The lowest BCUT2D eigenvalue weighted by molar-refractivity contribution is -0.0299. The van der Waals surface area contributed by atoms with Crippen molar-refractivity contribution in [3.63, 3.8) is 0 Å². The fourth-order valence-electron chi connectivity index (χ4n) is 5.10. The number of likely N-dealkylation sites (tertiary alicyclic amines) is 1. The van der Waals surface area contributed by atoms with Crippen LogP contribution < -0.4 is 0 Å². The van der Waals surface area contributed by atoms with Gasteiger partial charge in [0.15, 0.2) is 0 Å². The number of piperidine rings is 1. The summed E-state index contributed by atoms with van der Waals surface area (Å²) < 4.78 is 25.0. The van der Waals surface area contributed by atoms with Crippen molar-refractivity contribution in [2.45, 2.75) is 43.6 Å². The summed E-state index contributed by atoms with van der Waals surface area (Å²) in [6.07, 6.45) is 6.66. The van der Waals surface area contributed by atoms with E-state index in [2.05, 4.69) is 41.3 Å². The Labute approximate surface area is 163 Å². The SMILES string of the molecule is CS(=O)(=O)N1CC(CC#N)(N2CCC(CC3CC3c3ccccc3)CC2)C1. The minimum Gasteiger partial charge on any atom is -0.294 e. The molecule has 2 atom stereocenters. The van der Waals surface area contributed by atoms with E-state index in [4.69, 9.17) is 0 Å². The van der Waals surface area contributed by atoms with Gasteiger partial charge in [0.2, 0.25) is 10.0 Å². The number of nitriles is 1. The molecular formula is C21H29N3O2S. The van der Waals surface area contributed by atoms with Crippen molar-refractivity contribution >= 4 is 10.0 Å². The van der Waals surface area contributed by atoms with Crippen LogP contribution in [0, 0.1) is 23.2 Å². The molecule has 1 aromatic carbocycles. The van der Waals surface area contributed by atoms with Crippen LogP contribution in [0.1, 0.15) is 43.6 Å². The molecule has 2 saturated heterocycles. The summed E-state index contributed by atoms with van der Waals surface area (Å²) in [7, 11) is -3.15. The first-order valence-corrected chi connectivity index (χ1v) is 11.9. The minimum atomic E-state index is -3.15. The predicted molar refractivity (Wildman–Crippen MR) is 106 cm³/mol. The highest BCUT2D eigenvalue weighted by molar-refractivity contribution is 7.88. The van der Waals surface area contributed by atoms with Gasteiger partial charge in [-0.3, -0.25) is 4.90 Å². The monoisotopic (exact) mass is 387 g/mol. The van der Waals surface area contributed by atoms with Crippen LogP contribution in [-0.4, -0.2) is 55.6 Å². The van der Waals surface area contributed by atoms with Gasteiger partial charge in [-0.1, -0.05) is 30.3 Å². The molecule has 1 saturated carbocycles. The lowest BCUT2D eigenvalue weighted by Crippen LogP contribution is -2.71. The molecule has 0 amide bonds. The normalized spacial score (nSPS) is 29.0. The third kappa shape index (κ3) is 3.91. The standard InChI is InChI=1S/C21H29N3O2S/c1-27(25,26)24-15-21(16-24,9-10-22)23-11-7-17(8-12-23)13-19-14-20(19)18-5-3-2-4-6-18/h2-6,17,19-20H,7-9,11-16H2,1H3. The van der Waals surface area contributed by atoms with E-state index in [1.807, 2.05) is 0 Å². The summed E-state index contributed by atoms with van der Waals surface area (Å²) in [5.74, 6) is 2.36. The van der Waals surface area contributed by atoms with Crippen LogP contribution in [0.3, 0.4) is 0 Å². The number of sulfonamides is 1. The molecule has 6 heteroatoms. The second kappa shape index (κ2) is 7.20. The fraction of sp³-hybridized carbons (Fsp3) is 0.667. The molecule has 0 aromatic heterocycles. The van der Waals surface area contributed by atoms with Crippen LogP contribution >= 0.6 is 0 Å². The summed E-state index contributed by atoms with van der Waals surface area (Å²) in [6, 6.07) is 13.2. The predicted octanol–water partition coefficient (Wildman–Crippen LogP) is 2.82. The first kappa shape index (κ1) is 18.9. The van der Waals surface area contributed by atoms with E-state index in [0.29, 0.717) is 19.5 Å². The number of hydrogen-bond acceptors (Lipinski definition) is 4. The quantitative estimate of drug-likeness (QED) is 0.753. The number of benzene rings is 1. The maximum atomic E-state index is 11.7. The van der Waals surface area contributed by atoms with Gasteiger partial charge in [-0.25, -0.2) is 8.42 Å². The van der Waals surface area contributed by atoms with Gasteiger partial charge in [0.05, 0.1) is 24.3 Å². The van der Waals surface area contributed by atoms with Gasteiger partial charge in [-0.05, 0) is 62.1 Å². The smallest absolute Gasteiger partial charge is 0.211 e. The van der Waals surface area contributed by atoms with Gasteiger partial charge in [-0.2, -0.15) is 9.57 Å². The van der Waals surface area contributed by atoms with Gasteiger partial charge < -0.3 is 0 Å². The Hall–Kier alpha value is -1.42. The topological polar surface area (TPSA) is 64.4 Å². The lowest BCUT2D eigenvalue weighted by atomic mass is 9.82. The van der Waals surface area contributed by atoms with Crippen molar-refractivity contribution in [2.24, 2.45) is 11.8 Å². The van der Waals surface area contributed by atoms with Crippen molar-refractivity contribution < 1.29 is 8.42 Å². The van der Waals surface area contributed by atoms with Crippen LogP contribution in [0.4, 0.5) is 0 Å². The minimum absolute atomic E-state index is 0.255. The Morgan fingerprint density at radius 1 is 1.19 bits per heavy atom. The van der Waals surface area contributed by atoms with E-state index < -0.39 is 10.0 Å². The van der Waals surface area contributed by atoms with Crippen LogP contribution in [0.2, 0.25) is 0 Å². The molecule has 146 valence electrons. The van der Waals surface area contributed by atoms with Gasteiger partial charge >= 0.3 is 0 Å². The van der Waals surface area contributed by atoms with Crippen LogP contribution in [0.5, 0.6) is 0 Å². The van der Waals surface area contributed by atoms with Crippen LogP contribution in [0.15, 0.2) is 30.3 Å². The molecule has 2 aliphatic heterocycles. The average Bonchev–Trinajstić information content (AvgIpc) is 3.37. The van der Waals surface area contributed by atoms with E-state index in [-0.39, 0.29) is 5.54 Å². The molecule has 0 bridgehead atoms. The Morgan fingerprint density at radius 2 is 1.85 bits per heavy atom. The molecule has 4 rings (SSSR count). The molecule has 5 nitrogen and oxygen atoms in total. The average molecular weight is 388 g/mol. The zero-order chi connectivity index (χ0) is 19.1. The van der Waals surface area contributed by atoms with Crippen molar-refractivity contribution in [3.05, 3.63) is 35.9 Å². The van der Waals surface area contributed by atoms with Gasteiger partial charge in [0.1, 0.15) is 0 Å². The summed E-state index contributed by atoms with van der Waals surface area (Å²) in [5, 5.41) is 9.26. The molecule has 1 aromatic rings. The highest BCUT2D eigenvalue weighted by Gasteiger charge is 2.51. The van der Waals surface area contributed by atoms with Gasteiger partial charge in [0.25, 0.3) is 0 Å². The summed E-state index contributed by atoms with van der Waals surface area (Å²) in [6.45, 7) is 2.94. The highest BCUT2D eigenvalue weighted by Crippen LogP contribution is 2.52. The molecular weight excluding hydrogens is 358 g/mol. The number of rotatable bonds is 6. The molecule has 1 aliphatic carbocycles. The van der Waals surface area contributed by atoms with E-state index in [9.17, 15) is 13.7 Å². The van der Waals surface area contributed by atoms with Gasteiger partial charge in [-0.15, -0.1) is 0 Å². The largest absolute Gasteiger partial charge is 0.294 e. The van der Waals surface area contributed by atoms with E-state index >= 15 is 0 Å². The van der Waals surface area contributed by atoms with Crippen LogP contribution in [0.25, 0.3) is 0 Å². The summed E-state index contributed by atoms with van der Waals surface area (Å²) in [5.41, 5.74) is 1.23. The van der Waals surface area contributed by atoms with Crippen LogP contribution in [-0.2, 0) is 10.0 Å². The Bertz CT molecular complexity index is 804. The van der Waals surface area contributed by atoms with E-state index in [1.54, 1.807) is 0 Å². The zero-order valence-corrected chi connectivity index (χ0v) is 16.9. The molecule has 2 heterocycles. The number of nitrogens with zero attached hydrogens (tertiary/aromatic N) is 3.